The van der Waals surface area contributed by atoms with Crippen molar-refractivity contribution in [2.75, 3.05) is 18.0 Å². The molecule has 1 aromatic carbocycles. The van der Waals surface area contributed by atoms with E-state index < -0.39 is 0 Å². The molecule has 0 spiro atoms. The number of allylic oxidation sites excluding steroid dienone is 1. The van der Waals surface area contributed by atoms with Crippen LogP contribution in [0.4, 0.5) is 5.69 Å². The van der Waals surface area contributed by atoms with Crippen molar-refractivity contribution in [1.82, 2.24) is 10.3 Å². The highest BCUT2D eigenvalue weighted by molar-refractivity contribution is 6.29. The normalized spacial score (nSPS) is 21.3. The van der Waals surface area contributed by atoms with Gasteiger partial charge in [0.1, 0.15) is 10.9 Å². The van der Waals surface area contributed by atoms with E-state index in [0.29, 0.717) is 16.8 Å². The second-order valence-electron chi connectivity index (χ2n) is 9.59. The minimum atomic E-state index is 0.138. The average molecular weight is 494 g/mol. The summed E-state index contributed by atoms with van der Waals surface area (Å²) in [5, 5.41) is 3.73. The predicted octanol–water partition coefficient (Wildman–Crippen LogP) is 4.73. The molecule has 1 saturated carbocycles. The van der Waals surface area contributed by atoms with Crippen molar-refractivity contribution >= 4 is 35.0 Å². The van der Waals surface area contributed by atoms with E-state index in [1.54, 1.807) is 18.3 Å². The Morgan fingerprint density at radius 2 is 2.00 bits per heavy atom. The number of ether oxygens (including phenoxy) is 1. The lowest BCUT2D eigenvalue weighted by Crippen LogP contribution is -2.43. The maximum absolute atomic E-state index is 13.2. The van der Waals surface area contributed by atoms with Gasteiger partial charge in [-0.1, -0.05) is 17.7 Å². The number of benzene rings is 1. The van der Waals surface area contributed by atoms with Gasteiger partial charge in [0.05, 0.1) is 11.7 Å². The quantitative estimate of drug-likeness (QED) is 0.448. The van der Waals surface area contributed by atoms with Crippen LogP contribution in [-0.4, -0.2) is 42.3 Å². The number of hydrogen-bond donors (Lipinski definition) is 2. The van der Waals surface area contributed by atoms with Crippen LogP contribution < -0.4 is 20.7 Å². The van der Waals surface area contributed by atoms with Gasteiger partial charge in [0.2, 0.25) is 11.8 Å². The van der Waals surface area contributed by atoms with Crippen LogP contribution in [0.3, 0.4) is 0 Å². The smallest absolute Gasteiger partial charge is 0.230 e. The number of rotatable bonds is 6. The van der Waals surface area contributed by atoms with Crippen molar-refractivity contribution in [1.29, 1.82) is 0 Å². The molecule has 7 nitrogen and oxygen atoms in total. The molecule has 35 heavy (non-hydrogen) atoms. The van der Waals surface area contributed by atoms with Crippen molar-refractivity contribution in [3.63, 3.8) is 0 Å². The number of hydrogen-bond acceptors (Lipinski definition) is 6. The first-order chi connectivity index (χ1) is 17.0. The predicted molar refractivity (Wildman–Crippen MR) is 140 cm³/mol. The molecule has 3 aliphatic rings. The number of carbonyl (C=O) groups excluding carboxylic acids is 1. The van der Waals surface area contributed by atoms with Gasteiger partial charge in [0.15, 0.2) is 0 Å². The molecule has 5 rings (SSSR count). The zero-order valence-electron chi connectivity index (χ0n) is 20.0. The number of nitrogens with zero attached hydrogens (tertiary/aromatic N) is 3. The standard InChI is InChI=1S/C27H32ClN5O2/c1-17-5-8-22-23(33(17)27(34)18-6-7-18)10-9-21(26(22)35-25-4-2-3-24(28)32-25)19(15-29)16-31-20-11-13-30-14-12-20/h2-4,9-10,15-18,20,30H,5-8,11-14,29H2,1H3. The highest BCUT2D eigenvalue weighted by Crippen LogP contribution is 2.44. The number of carbonyl (C=O) groups is 1. The highest BCUT2D eigenvalue weighted by atomic mass is 35.5. The van der Waals surface area contributed by atoms with E-state index in [-0.39, 0.29) is 23.9 Å². The summed E-state index contributed by atoms with van der Waals surface area (Å²) < 4.78 is 6.40. The Bertz CT molecular complexity index is 1150. The topological polar surface area (TPSA) is 92.8 Å². The van der Waals surface area contributed by atoms with Crippen LogP contribution in [0.25, 0.3) is 5.57 Å². The van der Waals surface area contributed by atoms with Crippen LogP contribution in [0, 0.1) is 5.92 Å². The Labute approximate surface area is 211 Å². The van der Waals surface area contributed by atoms with Gasteiger partial charge in [-0.05, 0) is 76.7 Å². The maximum Gasteiger partial charge on any atom is 0.230 e. The third kappa shape index (κ3) is 5.21. The van der Waals surface area contributed by atoms with Crippen LogP contribution in [0.2, 0.25) is 5.15 Å². The van der Waals surface area contributed by atoms with Crippen molar-refractivity contribution in [2.45, 2.75) is 57.5 Å². The SMILES string of the molecule is CC1CCc2c(ccc(C(C=NC3CCNCC3)=CN)c2Oc2cccc(Cl)n2)N1C(=O)C1CC1. The van der Waals surface area contributed by atoms with Crippen molar-refractivity contribution in [3.05, 3.63) is 52.8 Å². The van der Waals surface area contributed by atoms with E-state index in [2.05, 4.69) is 17.2 Å². The molecule has 1 unspecified atom stereocenters. The Hall–Kier alpha value is -2.90. The number of anilines is 1. The summed E-state index contributed by atoms with van der Waals surface area (Å²) in [6.45, 7) is 4.06. The van der Waals surface area contributed by atoms with E-state index >= 15 is 0 Å². The molecule has 184 valence electrons. The van der Waals surface area contributed by atoms with E-state index in [1.165, 1.54) is 0 Å². The Morgan fingerprint density at radius 1 is 1.20 bits per heavy atom. The molecule has 1 saturated heterocycles. The van der Waals surface area contributed by atoms with Gasteiger partial charge in [-0.25, -0.2) is 4.98 Å². The van der Waals surface area contributed by atoms with Crippen molar-refractivity contribution in [3.8, 4) is 11.6 Å². The first kappa shape index (κ1) is 23.8. The number of fused-ring (bicyclic) bond motifs is 1. The van der Waals surface area contributed by atoms with E-state index in [0.717, 1.165) is 74.0 Å². The molecular formula is C27H32ClN5O2. The third-order valence-electron chi connectivity index (χ3n) is 7.03. The lowest BCUT2D eigenvalue weighted by atomic mass is 9.91. The fourth-order valence-electron chi connectivity index (χ4n) is 4.91. The number of pyridine rings is 1. The van der Waals surface area contributed by atoms with Crippen LogP contribution in [0.15, 0.2) is 41.5 Å². The Morgan fingerprint density at radius 3 is 2.71 bits per heavy atom. The maximum atomic E-state index is 13.2. The minimum Gasteiger partial charge on any atom is -0.438 e. The fourth-order valence-corrected chi connectivity index (χ4v) is 5.06. The van der Waals surface area contributed by atoms with Crippen LogP contribution >= 0.6 is 11.6 Å². The molecular weight excluding hydrogens is 462 g/mol. The number of piperidine rings is 1. The van der Waals surface area contributed by atoms with Crippen molar-refractivity contribution < 1.29 is 9.53 Å². The Balaban J connectivity index is 1.57. The van der Waals surface area contributed by atoms with Gasteiger partial charge in [0, 0.05) is 47.1 Å². The largest absolute Gasteiger partial charge is 0.438 e. The molecule has 1 aromatic heterocycles. The number of halogens is 1. The zero-order valence-corrected chi connectivity index (χ0v) is 20.8. The summed E-state index contributed by atoms with van der Waals surface area (Å²) in [6.07, 6.45) is 9.03. The van der Waals surface area contributed by atoms with Gasteiger partial charge in [0.25, 0.3) is 0 Å². The van der Waals surface area contributed by atoms with Gasteiger partial charge in [-0.15, -0.1) is 0 Å². The second kappa shape index (κ2) is 10.4. The minimum absolute atomic E-state index is 0.138. The summed E-state index contributed by atoms with van der Waals surface area (Å²) >= 11 is 6.14. The number of amides is 1. The lowest BCUT2D eigenvalue weighted by molar-refractivity contribution is -0.120. The van der Waals surface area contributed by atoms with Crippen LogP contribution in [-0.2, 0) is 11.2 Å². The molecule has 3 heterocycles. The van der Waals surface area contributed by atoms with E-state index in [4.69, 9.17) is 27.1 Å². The van der Waals surface area contributed by atoms with E-state index in [1.807, 2.05) is 29.3 Å². The summed E-state index contributed by atoms with van der Waals surface area (Å²) in [7, 11) is 0. The Kier molecular flexibility index (Phi) is 7.07. The fraction of sp³-hybridized carbons (Fsp3) is 0.444. The zero-order chi connectivity index (χ0) is 24.4. The molecule has 1 amide bonds. The molecule has 2 fully saturated rings. The van der Waals surface area contributed by atoms with E-state index in [9.17, 15) is 4.79 Å². The van der Waals surface area contributed by atoms with Crippen LogP contribution in [0.5, 0.6) is 11.6 Å². The lowest BCUT2D eigenvalue weighted by Gasteiger charge is -2.36. The molecule has 0 radical (unpaired) electrons. The highest BCUT2D eigenvalue weighted by Gasteiger charge is 2.39. The number of aliphatic imine (C=N–C) groups is 1. The summed E-state index contributed by atoms with van der Waals surface area (Å²) in [5.41, 5.74) is 9.62. The molecule has 8 heteroatoms. The molecule has 2 aliphatic heterocycles. The summed E-state index contributed by atoms with van der Waals surface area (Å²) in [5.74, 6) is 1.41. The number of aromatic nitrogens is 1. The summed E-state index contributed by atoms with van der Waals surface area (Å²) in [6, 6.07) is 9.73. The number of nitrogens with two attached hydrogens (primary N) is 1. The molecule has 3 N–H and O–H groups in total. The summed E-state index contributed by atoms with van der Waals surface area (Å²) in [4.78, 5) is 24.3. The van der Waals surface area contributed by atoms with Crippen molar-refractivity contribution in [2.24, 2.45) is 16.6 Å². The third-order valence-corrected chi connectivity index (χ3v) is 7.24. The molecule has 1 aliphatic carbocycles. The van der Waals surface area contributed by atoms with Gasteiger partial charge < -0.3 is 20.7 Å². The number of nitrogens with one attached hydrogen (secondary N) is 1. The van der Waals surface area contributed by atoms with Gasteiger partial charge in [-0.3, -0.25) is 9.79 Å². The van der Waals surface area contributed by atoms with Gasteiger partial charge in [-0.2, -0.15) is 0 Å². The molecule has 0 bridgehead atoms. The average Bonchev–Trinajstić information content (AvgIpc) is 3.71. The molecule has 1 atom stereocenters. The monoisotopic (exact) mass is 493 g/mol. The first-order valence-corrected chi connectivity index (χ1v) is 12.9. The first-order valence-electron chi connectivity index (χ1n) is 12.5. The molecule has 2 aromatic rings. The second-order valence-corrected chi connectivity index (χ2v) is 9.98. The van der Waals surface area contributed by atoms with Gasteiger partial charge >= 0.3 is 0 Å². The van der Waals surface area contributed by atoms with Crippen LogP contribution in [0.1, 0.15) is 50.2 Å².